The van der Waals surface area contributed by atoms with Gasteiger partial charge in [0.05, 0.1) is 6.61 Å². The molecule has 0 bridgehead atoms. The molecule has 0 rings (SSSR count). The number of hydrogen-bond acceptors (Lipinski definition) is 4. The molecule has 60 valence electrons. The van der Waals surface area contributed by atoms with Gasteiger partial charge in [0, 0.05) is 0 Å². The molecule has 0 heterocycles. The van der Waals surface area contributed by atoms with Crippen LogP contribution in [0.25, 0.3) is 0 Å². The molecule has 1 unspecified atom stereocenters. The van der Waals surface area contributed by atoms with Crippen LogP contribution in [0, 0.1) is 0 Å². The van der Waals surface area contributed by atoms with Gasteiger partial charge in [-0.25, -0.2) is 0 Å². The van der Waals surface area contributed by atoms with E-state index in [-0.39, 0.29) is 13.0 Å². The molecule has 0 saturated carbocycles. The van der Waals surface area contributed by atoms with Crippen molar-refractivity contribution in [2.75, 3.05) is 13.4 Å². The molecule has 0 aromatic carbocycles. The minimum Gasteiger partial charge on any atom is -0.480 e. The van der Waals surface area contributed by atoms with Crippen LogP contribution in [0.2, 0.25) is 0 Å². The van der Waals surface area contributed by atoms with E-state index < -0.39 is 18.8 Å². The van der Waals surface area contributed by atoms with Crippen molar-refractivity contribution in [2.24, 2.45) is 5.73 Å². The van der Waals surface area contributed by atoms with Crippen LogP contribution in [0.15, 0.2) is 0 Å². The number of carboxylic acid groups (broad SMARTS) is 1. The fraction of sp³-hybridized carbons (Fsp3) is 0.800. The lowest BCUT2D eigenvalue weighted by atomic mass is 10.2. The molecule has 0 spiro atoms. The second-order valence-corrected chi connectivity index (χ2v) is 1.77. The summed E-state index contributed by atoms with van der Waals surface area (Å²) in [5.74, 6) is -1.05. The van der Waals surface area contributed by atoms with E-state index in [9.17, 15) is 4.79 Å². The zero-order chi connectivity index (χ0) is 7.98. The van der Waals surface area contributed by atoms with Gasteiger partial charge >= 0.3 is 5.97 Å². The van der Waals surface area contributed by atoms with Crippen LogP contribution in [0.4, 0.5) is 0 Å². The van der Waals surface area contributed by atoms with E-state index in [0.717, 1.165) is 0 Å². The molecule has 0 aliphatic carbocycles. The number of aliphatic hydroxyl groups excluding tert-OH is 1. The minimum absolute atomic E-state index is 0.171. The number of aliphatic hydroxyl groups is 1. The van der Waals surface area contributed by atoms with Crippen molar-refractivity contribution in [3.63, 3.8) is 0 Å². The summed E-state index contributed by atoms with van der Waals surface area (Å²) in [5, 5.41) is 16.3. The van der Waals surface area contributed by atoms with Gasteiger partial charge in [-0.1, -0.05) is 0 Å². The third-order valence-electron chi connectivity index (χ3n) is 0.982. The van der Waals surface area contributed by atoms with E-state index >= 15 is 0 Å². The molecule has 0 fully saturated rings. The van der Waals surface area contributed by atoms with Gasteiger partial charge < -0.3 is 20.7 Å². The van der Waals surface area contributed by atoms with E-state index in [4.69, 9.17) is 15.9 Å². The van der Waals surface area contributed by atoms with Crippen LogP contribution in [0.5, 0.6) is 0 Å². The monoisotopic (exact) mass is 149 g/mol. The van der Waals surface area contributed by atoms with Crippen LogP contribution in [-0.4, -0.2) is 35.6 Å². The summed E-state index contributed by atoms with van der Waals surface area (Å²) in [4.78, 5) is 10.1. The van der Waals surface area contributed by atoms with Crippen molar-refractivity contribution >= 4 is 5.97 Å². The number of nitrogens with two attached hydrogens (primary N) is 1. The van der Waals surface area contributed by atoms with Crippen molar-refractivity contribution in [3.05, 3.63) is 0 Å². The van der Waals surface area contributed by atoms with Crippen LogP contribution in [0.1, 0.15) is 6.42 Å². The first-order valence-corrected chi connectivity index (χ1v) is 2.85. The van der Waals surface area contributed by atoms with Gasteiger partial charge in [0.25, 0.3) is 0 Å². The lowest BCUT2D eigenvalue weighted by Gasteiger charge is -2.04. The zero-order valence-electron chi connectivity index (χ0n) is 5.49. The molecule has 0 aliphatic heterocycles. The van der Waals surface area contributed by atoms with E-state index in [1.54, 1.807) is 0 Å². The molecule has 1 atom stereocenters. The zero-order valence-corrected chi connectivity index (χ0v) is 5.49. The predicted octanol–water partition coefficient (Wildman–Crippen LogP) is -1.25. The highest BCUT2D eigenvalue weighted by molar-refractivity contribution is 5.72. The van der Waals surface area contributed by atoms with Gasteiger partial charge in [-0.2, -0.15) is 0 Å². The molecule has 0 saturated heterocycles. The summed E-state index contributed by atoms with van der Waals surface area (Å²) in [5.41, 5.74) is 5.10. The molecule has 0 amide bonds. The quantitative estimate of drug-likeness (QED) is 0.335. The Balaban J connectivity index is 3.21. The third kappa shape index (κ3) is 4.25. The molecule has 0 aromatic rings. The Morgan fingerprint density at radius 2 is 2.30 bits per heavy atom. The number of hydrogen-bond donors (Lipinski definition) is 3. The van der Waals surface area contributed by atoms with Gasteiger partial charge in [-0.05, 0) is 6.42 Å². The minimum atomic E-state index is -1.05. The van der Waals surface area contributed by atoms with Gasteiger partial charge in [0.2, 0.25) is 0 Å². The maximum atomic E-state index is 10.1. The molecule has 0 radical (unpaired) electrons. The topological polar surface area (TPSA) is 92.8 Å². The van der Waals surface area contributed by atoms with E-state index in [0.29, 0.717) is 0 Å². The Kier molecular flexibility index (Phi) is 4.82. The SMILES string of the molecule is NC(CCOCO)C(=O)O. The normalized spacial score (nSPS) is 13.0. The largest absolute Gasteiger partial charge is 0.480 e. The number of carboxylic acids is 1. The Morgan fingerprint density at radius 3 is 2.70 bits per heavy atom. The molecule has 0 aromatic heterocycles. The second kappa shape index (κ2) is 5.16. The fourth-order valence-corrected chi connectivity index (χ4v) is 0.398. The van der Waals surface area contributed by atoms with E-state index in [2.05, 4.69) is 4.74 Å². The number of carbonyl (C=O) groups is 1. The number of ether oxygens (including phenoxy) is 1. The summed E-state index contributed by atoms with van der Waals surface area (Å²) in [6.07, 6.45) is 0.218. The summed E-state index contributed by atoms with van der Waals surface area (Å²) in [6, 6.07) is -0.897. The van der Waals surface area contributed by atoms with Gasteiger partial charge in [-0.3, -0.25) is 4.79 Å². The first-order chi connectivity index (χ1) is 4.68. The number of aliphatic carboxylic acids is 1. The molecular weight excluding hydrogens is 138 g/mol. The highest BCUT2D eigenvalue weighted by Crippen LogP contribution is 1.88. The molecule has 5 heteroatoms. The van der Waals surface area contributed by atoms with Crippen molar-refractivity contribution < 1.29 is 19.7 Å². The van der Waals surface area contributed by atoms with E-state index in [1.165, 1.54) is 0 Å². The maximum absolute atomic E-state index is 10.1. The van der Waals surface area contributed by atoms with Crippen LogP contribution < -0.4 is 5.73 Å². The summed E-state index contributed by atoms with van der Waals surface area (Å²) in [7, 11) is 0. The Hall–Kier alpha value is -0.650. The van der Waals surface area contributed by atoms with Crippen LogP contribution in [0.3, 0.4) is 0 Å². The predicted molar refractivity (Wildman–Crippen MR) is 33.3 cm³/mol. The van der Waals surface area contributed by atoms with Crippen molar-refractivity contribution in [3.8, 4) is 0 Å². The van der Waals surface area contributed by atoms with Crippen LogP contribution in [-0.2, 0) is 9.53 Å². The van der Waals surface area contributed by atoms with Crippen LogP contribution >= 0.6 is 0 Å². The maximum Gasteiger partial charge on any atom is 0.320 e. The smallest absolute Gasteiger partial charge is 0.320 e. The summed E-state index contributed by atoms with van der Waals surface area (Å²) in [6.45, 7) is -0.226. The molecule has 5 nitrogen and oxygen atoms in total. The summed E-state index contributed by atoms with van der Waals surface area (Å²) >= 11 is 0. The number of rotatable bonds is 5. The Bertz CT molecular complexity index is 106. The lowest BCUT2D eigenvalue weighted by Crippen LogP contribution is -2.31. The lowest BCUT2D eigenvalue weighted by molar-refractivity contribution is -0.139. The highest BCUT2D eigenvalue weighted by Gasteiger charge is 2.09. The Labute approximate surface area is 58.4 Å². The average molecular weight is 149 g/mol. The van der Waals surface area contributed by atoms with Gasteiger partial charge in [-0.15, -0.1) is 0 Å². The second-order valence-electron chi connectivity index (χ2n) is 1.77. The van der Waals surface area contributed by atoms with E-state index in [1.807, 2.05) is 0 Å². The highest BCUT2D eigenvalue weighted by atomic mass is 16.6. The van der Waals surface area contributed by atoms with Gasteiger partial charge in [0.1, 0.15) is 12.8 Å². The first-order valence-electron chi connectivity index (χ1n) is 2.85. The summed E-state index contributed by atoms with van der Waals surface area (Å²) < 4.78 is 4.47. The standard InChI is InChI=1S/C5H11NO4/c6-4(5(8)9)1-2-10-3-7/h4,7H,1-3,6H2,(H,8,9). The average Bonchev–Trinajstić information content (AvgIpc) is 1.88. The molecular formula is C5H11NO4. The first kappa shape index (κ1) is 9.35. The Morgan fingerprint density at radius 1 is 1.70 bits per heavy atom. The van der Waals surface area contributed by atoms with Crippen molar-refractivity contribution in [2.45, 2.75) is 12.5 Å². The van der Waals surface area contributed by atoms with Gasteiger partial charge in [0.15, 0.2) is 0 Å². The molecule has 0 aliphatic rings. The third-order valence-corrected chi connectivity index (χ3v) is 0.982. The fourth-order valence-electron chi connectivity index (χ4n) is 0.398. The van der Waals surface area contributed by atoms with Crippen molar-refractivity contribution in [1.29, 1.82) is 0 Å². The molecule has 4 N–H and O–H groups in total. The molecule has 10 heavy (non-hydrogen) atoms. The van der Waals surface area contributed by atoms with Crippen molar-refractivity contribution in [1.82, 2.24) is 0 Å².